The van der Waals surface area contributed by atoms with E-state index in [2.05, 4.69) is 11.4 Å². The normalized spacial score (nSPS) is 9.62. The molecule has 13 heavy (non-hydrogen) atoms. The predicted molar refractivity (Wildman–Crippen MR) is 55.1 cm³/mol. The second-order valence-corrected chi connectivity index (χ2v) is 3.87. The highest BCUT2D eigenvalue weighted by Crippen LogP contribution is 2.20. The molecule has 69 valence electrons. The fourth-order valence-corrected chi connectivity index (χ4v) is 1.86. The average Bonchev–Trinajstić information content (AvgIpc) is 2.13. The molecule has 0 unspecified atom stereocenters. The highest BCUT2D eigenvalue weighted by molar-refractivity contribution is 7.99. The van der Waals surface area contributed by atoms with Crippen LogP contribution >= 0.6 is 23.4 Å². The molecule has 0 aromatic heterocycles. The van der Waals surface area contributed by atoms with Crippen molar-refractivity contribution >= 4 is 29.8 Å². The van der Waals surface area contributed by atoms with Crippen LogP contribution in [0.15, 0.2) is 23.1 Å². The number of thioether (sulfide) groups is 1. The number of hydrogen-bond acceptors (Lipinski definition) is 2. The lowest BCUT2D eigenvalue weighted by Crippen LogP contribution is -2.13. The van der Waals surface area contributed by atoms with Gasteiger partial charge in [-0.15, -0.1) is 11.8 Å². The first-order chi connectivity index (χ1) is 6.33. The van der Waals surface area contributed by atoms with Crippen LogP contribution in [0.2, 0.25) is 5.02 Å². The SMILES string of the molecule is O=CNCCSc1cc[c]c(Cl)c1. The molecule has 2 nitrogen and oxygen atoms in total. The molecule has 1 aromatic carbocycles. The fraction of sp³-hybridized carbons (Fsp3) is 0.222. The molecule has 0 saturated carbocycles. The zero-order valence-electron chi connectivity index (χ0n) is 6.92. The van der Waals surface area contributed by atoms with Crippen LogP contribution in [0.5, 0.6) is 0 Å². The summed E-state index contributed by atoms with van der Waals surface area (Å²) in [5, 5.41) is 3.21. The van der Waals surface area contributed by atoms with Gasteiger partial charge in [0.05, 0.1) is 0 Å². The number of halogens is 1. The monoisotopic (exact) mass is 214 g/mol. The molecule has 0 aliphatic heterocycles. The number of benzene rings is 1. The Morgan fingerprint density at radius 1 is 1.69 bits per heavy atom. The summed E-state index contributed by atoms with van der Waals surface area (Å²) in [6, 6.07) is 8.44. The van der Waals surface area contributed by atoms with Crippen molar-refractivity contribution in [1.29, 1.82) is 0 Å². The van der Waals surface area contributed by atoms with Gasteiger partial charge in [-0.25, -0.2) is 0 Å². The van der Waals surface area contributed by atoms with Gasteiger partial charge in [-0.1, -0.05) is 17.7 Å². The second-order valence-electron chi connectivity index (χ2n) is 2.29. The predicted octanol–water partition coefficient (Wildman–Crippen LogP) is 1.98. The number of carbonyl (C=O) groups excluding carboxylic acids is 1. The first kappa shape index (κ1) is 10.4. The van der Waals surface area contributed by atoms with Crippen LogP contribution in [-0.4, -0.2) is 18.7 Å². The molecule has 1 radical (unpaired) electrons. The van der Waals surface area contributed by atoms with Gasteiger partial charge in [-0.05, 0) is 12.1 Å². The van der Waals surface area contributed by atoms with Crippen molar-refractivity contribution in [3.63, 3.8) is 0 Å². The molecule has 1 rings (SSSR count). The van der Waals surface area contributed by atoms with Crippen LogP contribution in [0.4, 0.5) is 0 Å². The van der Waals surface area contributed by atoms with Gasteiger partial charge in [0, 0.05) is 28.3 Å². The number of carbonyl (C=O) groups is 1. The molecular weight excluding hydrogens is 206 g/mol. The maximum absolute atomic E-state index is 9.92. The van der Waals surface area contributed by atoms with E-state index in [4.69, 9.17) is 11.6 Å². The highest BCUT2D eigenvalue weighted by Gasteiger charge is 1.94. The van der Waals surface area contributed by atoms with E-state index in [-0.39, 0.29) is 0 Å². The van der Waals surface area contributed by atoms with E-state index in [1.54, 1.807) is 17.8 Å². The van der Waals surface area contributed by atoms with E-state index < -0.39 is 0 Å². The summed E-state index contributed by atoms with van der Waals surface area (Å²) in [6.07, 6.45) is 0.701. The molecule has 1 amide bonds. The van der Waals surface area contributed by atoms with Crippen molar-refractivity contribution in [2.24, 2.45) is 0 Å². The van der Waals surface area contributed by atoms with Crippen LogP contribution in [0.1, 0.15) is 0 Å². The molecular formula is C9H9ClNOS. The van der Waals surface area contributed by atoms with Gasteiger partial charge < -0.3 is 5.32 Å². The van der Waals surface area contributed by atoms with Crippen molar-refractivity contribution in [3.05, 3.63) is 29.3 Å². The van der Waals surface area contributed by atoms with Crippen molar-refractivity contribution in [2.45, 2.75) is 4.90 Å². The smallest absolute Gasteiger partial charge is 0.207 e. The Morgan fingerprint density at radius 2 is 2.54 bits per heavy atom. The molecule has 0 spiro atoms. The van der Waals surface area contributed by atoms with Crippen LogP contribution < -0.4 is 5.32 Å². The molecule has 0 fully saturated rings. The summed E-state index contributed by atoms with van der Waals surface area (Å²) in [5.41, 5.74) is 0. The van der Waals surface area contributed by atoms with E-state index in [1.165, 1.54) is 0 Å². The van der Waals surface area contributed by atoms with Crippen LogP contribution in [0, 0.1) is 6.07 Å². The van der Waals surface area contributed by atoms with Gasteiger partial charge in [0.15, 0.2) is 0 Å². The molecule has 1 N–H and O–H groups in total. The van der Waals surface area contributed by atoms with E-state index in [1.807, 2.05) is 12.1 Å². The Labute approximate surface area is 86.7 Å². The van der Waals surface area contributed by atoms with Crippen LogP contribution in [-0.2, 0) is 4.79 Å². The van der Waals surface area contributed by atoms with E-state index in [0.717, 1.165) is 10.6 Å². The molecule has 0 atom stereocenters. The summed E-state index contributed by atoms with van der Waals surface area (Å²) in [4.78, 5) is 11.0. The Balaban J connectivity index is 2.32. The molecule has 0 aliphatic carbocycles. The molecule has 0 heterocycles. The standard InChI is InChI=1S/C9H9ClNOS/c10-8-2-1-3-9(6-8)13-5-4-11-7-12/h1,3,6-7H,4-5H2,(H,11,12). The average molecular weight is 215 g/mol. The number of nitrogens with one attached hydrogen (secondary N) is 1. The van der Waals surface area contributed by atoms with Gasteiger partial charge in [0.25, 0.3) is 0 Å². The van der Waals surface area contributed by atoms with E-state index in [9.17, 15) is 4.79 Å². The van der Waals surface area contributed by atoms with Crippen LogP contribution in [0.3, 0.4) is 0 Å². The Hall–Kier alpha value is -0.670. The molecule has 1 aromatic rings. The maximum Gasteiger partial charge on any atom is 0.207 e. The van der Waals surface area contributed by atoms with Crippen molar-refractivity contribution in [1.82, 2.24) is 5.32 Å². The Kier molecular flexibility index (Phi) is 4.72. The van der Waals surface area contributed by atoms with Crippen molar-refractivity contribution in [2.75, 3.05) is 12.3 Å². The summed E-state index contributed by atoms with van der Waals surface area (Å²) in [5.74, 6) is 0.846. The van der Waals surface area contributed by atoms with Gasteiger partial charge in [-0.3, -0.25) is 4.79 Å². The quantitative estimate of drug-likeness (QED) is 0.461. The maximum atomic E-state index is 9.92. The number of amides is 1. The summed E-state index contributed by atoms with van der Waals surface area (Å²) < 4.78 is 0. The van der Waals surface area contributed by atoms with E-state index in [0.29, 0.717) is 18.0 Å². The summed E-state index contributed by atoms with van der Waals surface area (Å²) in [7, 11) is 0. The minimum Gasteiger partial charge on any atom is -0.358 e. The van der Waals surface area contributed by atoms with Gasteiger partial charge in [0.2, 0.25) is 6.41 Å². The van der Waals surface area contributed by atoms with E-state index >= 15 is 0 Å². The Bertz CT molecular complexity index is 280. The first-order valence-corrected chi connectivity index (χ1v) is 5.16. The largest absolute Gasteiger partial charge is 0.358 e. The minimum atomic E-state index is 0.619. The first-order valence-electron chi connectivity index (χ1n) is 3.80. The Morgan fingerprint density at radius 3 is 3.23 bits per heavy atom. The topological polar surface area (TPSA) is 29.1 Å². The molecule has 0 bridgehead atoms. The van der Waals surface area contributed by atoms with Crippen molar-refractivity contribution < 1.29 is 4.79 Å². The highest BCUT2D eigenvalue weighted by atomic mass is 35.5. The molecule has 0 saturated heterocycles. The fourth-order valence-electron chi connectivity index (χ4n) is 0.795. The van der Waals surface area contributed by atoms with Crippen molar-refractivity contribution in [3.8, 4) is 0 Å². The summed E-state index contributed by atoms with van der Waals surface area (Å²) >= 11 is 7.39. The van der Waals surface area contributed by atoms with Gasteiger partial charge in [0.1, 0.15) is 0 Å². The third-order valence-electron chi connectivity index (χ3n) is 1.34. The van der Waals surface area contributed by atoms with Crippen LogP contribution in [0.25, 0.3) is 0 Å². The second kappa shape index (κ2) is 5.89. The lowest BCUT2D eigenvalue weighted by Gasteiger charge is -2.00. The lowest BCUT2D eigenvalue weighted by molar-refractivity contribution is -0.109. The molecule has 4 heteroatoms. The number of rotatable bonds is 5. The van der Waals surface area contributed by atoms with Gasteiger partial charge in [-0.2, -0.15) is 0 Å². The third kappa shape index (κ3) is 4.20. The zero-order chi connectivity index (χ0) is 9.52. The summed E-state index contributed by atoms with van der Waals surface area (Å²) in [6.45, 7) is 0.671. The minimum absolute atomic E-state index is 0.619. The zero-order valence-corrected chi connectivity index (χ0v) is 8.49. The number of hydrogen-bond donors (Lipinski definition) is 1. The van der Waals surface area contributed by atoms with Gasteiger partial charge >= 0.3 is 0 Å². The third-order valence-corrected chi connectivity index (χ3v) is 2.55. The molecule has 0 aliphatic rings. The lowest BCUT2D eigenvalue weighted by atomic mass is 10.4.